The number of Topliss-reactive ketones (excluding diaryl/α,β-unsaturated/α-hetero) is 1. The highest BCUT2D eigenvalue weighted by Crippen LogP contribution is 2.77. The fourth-order valence-corrected chi connectivity index (χ4v) is 14.1. The van der Waals surface area contributed by atoms with Crippen molar-refractivity contribution in [1.29, 1.82) is 0 Å². The first-order valence-corrected chi connectivity index (χ1v) is 22.0. The normalized spacial score (nSPS) is 36.4. The van der Waals surface area contributed by atoms with E-state index < -0.39 is 28.9 Å². The lowest BCUT2D eigenvalue weighted by Crippen LogP contribution is -2.66. The largest absolute Gasteiger partial charge is 0.481 e. The van der Waals surface area contributed by atoms with Crippen LogP contribution in [0.4, 0.5) is 0 Å². The number of hydrogen-bond acceptors (Lipinski definition) is 9. The zero-order chi connectivity index (χ0) is 40.5. The van der Waals surface area contributed by atoms with E-state index in [0.717, 1.165) is 76.6 Å². The summed E-state index contributed by atoms with van der Waals surface area (Å²) in [6, 6.07) is 0. The van der Waals surface area contributed by atoms with Crippen LogP contribution in [0.3, 0.4) is 0 Å². The summed E-state index contributed by atoms with van der Waals surface area (Å²) < 4.78 is 6.19. The predicted octanol–water partition coefficient (Wildman–Crippen LogP) is 8.26. The highest BCUT2D eigenvalue weighted by Gasteiger charge is 2.71. The zero-order valence-corrected chi connectivity index (χ0v) is 36.6. The minimum Gasteiger partial charge on any atom is -0.481 e. The first-order valence-electron chi connectivity index (χ1n) is 21.2. The number of aliphatic carboxylic acids is 1. The van der Waals surface area contributed by atoms with Gasteiger partial charge in [0.05, 0.1) is 23.5 Å². The number of carboxylic acid groups (broad SMARTS) is 1. The van der Waals surface area contributed by atoms with Crippen molar-refractivity contribution in [2.75, 3.05) is 33.7 Å². The van der Waals surface area contributed by atoms with Gasteiger partial charge >= 0.3 is 11.9 Å². The van der Waals surface area contributed by atoms with Crippen LogP contribution in [0.2, 0.25) is 0 Å². The number of carbonyl (C=O) groups is 3. The third kappa shape index (κ3) is 7.09. The van der Waals surface area contributed by atoms with Gasteiger partial charge in [-0.1, -0.05) is 54.0 Å². The van der Waals surface area contributed by atoms with Crippen LogP contribution < -0.4 is 0 Å². The Balaban J connectivity index is 1.28. The number of ether oxygens (including phenoxy) is 1. The van der Waals surface area contributed by atoms with Gasteiger partial charge in [-0.2, -0.15) is 0 Å². The number of likely N-dealkylation sites (N-methyl/N-ethyl adjacent to an activating group) is 1. The highest BCUT2D eigenvalue weighted by atomic mass is 32.1. The van der Waals surface area contributed by atoms with Crippen molar-refractivity contribution in [3.8, 4) is 0 Å². The minimum absolute atomic E-state index is 0.0175. The molecule has 0 unspecified atom stereocenters. The molecule has 0 aliphatic heterocycles. The van der Waals surface area contributed by atoms with Crippen molar-refractivity contribution >= 4 is 29.1 Å². The molecule has 1 heterocycles. The number of carbonyl (C=O) groups excluding carboxylic acids is 2. The van der Waals surface area contributed by atoms with Gasteiger partial charge in [-0.25, -0.2) is 0 Å². The van der Waals surface area contributed by atoms with Crippen LogP contribution in [0.25, 0.3) is 0 Å². The first-order chi connectivity index (χ1) is 25.5. The van der Waals surface area contributed by atoms with Crippen molar-refractivity contribution in [3.05, 3.63) is 27.7 Å². The number of esters is 1. The van der Waals surface area contributed by atoms with Crippen LogP contribution in [-0.2, 0) is 25.7 Å². The van der Waals surface area contributed by atoms with Crippen LogP contribution in [0, 0.1) is 56.2 Å². The Morgan fingerprint density at radius 2 is 1.69 bits per heavy atom. The van der Waals surface area contributed by atoms with Crippen molar-refractivity contribution < 1.29 is 29.3 Å². The topological polar surface area (TPSA) is 120 Å². The molecule has 2 N–H and O–H groups in total. The highest BCUT2D eigenvalue weighted by molar-refractivity contribution is 7.09. The number of ketones is 1. The van der Waals surface area contributed by atoms with E-state index >= 15 is 0 Å². The van der Waals surface area contributed by atoms with Crippen LogP contribution in [0.5, 0.6) is 0 Å². The van der Waals surface area contributed by atoms with Gasteiger partial charge in [0.15, 0.2) is 5.78 Å². The SMILES string of the molecule is CC(C)C1=C2[C@H]3CC[C@@H]4[C@@]5(C)CC[C@H](OC(=O)CC(C)(C)C(=O)O)C(C)(C)[C@H]5CC[C@@]4(C)[C@]3(C)CC[C@@]2([C@@H](O)CN(CCN(C)C)Cc2cncs2)CC1=O. The molecular formula is C45H71N3O6S. The maximum Gasteiger partial charge on any atom is 0.309 e. The molecule has 4 saturated carbocycles. The predicted molar refractivity (Wildman–Crippen MR) is 217 cm³/mol. The van der Waals surface area contributed by atoms with Crippen molar-refractivity contribution in [3.63, 3.8) is 0 Å². The van der Waals surface area contributed by atoms with Gasteiger partial charge in [0, 0.05) is 54.5 Å². The lowest BCUT2D eigenvalue weighted by molar-refractivity contribution is -0.235. The molecule has 1 aromatic heterocycles. The fraction of sp³-hybridized carbons (Fsp3) is 0.822. The van der Waals surface area contributed by atoms with Gasteiger partial charge in [0.2, 0.25) is 0 Å². The van der Waals surface area contributed by atoms with Crippen LogP contribution in [0.1, 0.15) is 131 Å². The Morgan fingerprint density at radius 1 is 0.982 bits per heavy atom. The van der Waals surface area contributed by atoms with E-state index in [1.165, 1.54) is 10.5 Å². The van der Waals surface area contributed by atoms with Gasteiger partial charge in [-0.15, -0.1) is 11.3 Å². The number of thiazole rings is 1. The molecule has 0 bridgehead atoms. The summed E-state index contributed by atoms with van der Waals surface area (Å²) in [4.78, 5) is 49.3. The number of fused-ring (bicyclic) bond motifs is 7. The molecule has 0 amide bonds. The third-order valence-corrected chi connectivity index (χ3v) is 17.4. The summed E-state index contributed by atoms with van der Waals surface area (Å²) in [5.41, 5.74) is 2.34. The number of rotatable bonds is 13. The summed E-state index contributed by atoms with van der Waals surface area (Å²) in [6.45, 7) is 22.7. The Morgan fingerprint density at radius 3 is 2.31 bits per heavy atom. The monoisotopic (exact) mass is 782 g/mol. The summed E-state index contributed by atoms with van der Waals surface area (Å²) in [5.74, 6) is 0.0603. The summed E-state index contributed by atoms with van der Waals surface area (Å²) in [6.07, 6.45) is 9.18. The second kappa shape index (κ2) is 14.9. The van der Waals surface area contributed by atoms with Gasteiger partial charge in [0.25, 0.3) is 0 Å². The van der Waals surface area contributed by atoms with Crippen LogP contribution in [-0.4, -0.2) is 88.7 Å². The smallest absolute Gasteiger partial charge is 0.309 e. The summed E-state index contributed by atoms with van der Waals surface area (Å²) in [5, 5.41) is 22.2. The summed E-state index contributed by atoms with van der Waals surface area (Å²) in [7, 11) is 4.18. The van der Waals surface area contributed by atoms with E-state index in [4.69, 9.17) is 4.74 Å². The Bertz CT molecular complexity index is 1650. The Hall–Kier alpha value is -2.14. The number of allylic oxidation sites excluding steroid dienone is 1. The van der Waals surface area contributed by atoms with Crippen molar-refractivity contribution in [2.45, 2.75) is 145 Å². The number of hydrogen-bond donors (Lipinski definition) is 2. The molecule has 0 radical (unpaired) electrons. The summed E-state index contributed by atoms with van der Waals surface area (Å²) >= 11 is 1.65. The van der Waals surface area contributed by atoms with Crippen LogP contribution in [0.15, 0.2) is 22.9 Å². The molecule has 5 aliphatic rings. The average Bonchev–Trinajstić information content (AvgIpc) is 3.70. The molecule has 0 spiro atoms. The molecule has 6 rings (SSSR count). The van der Waals surface area contributed by atoms with Gasteiger partial charge in [-0.05, 0) is 125 Å². The molecule has 5 aliphatic carbocycles. The maximum atomic E-state index is 14.3. The van der Waals surface area contributed by atoms with E-state index in [9.17, 15) is 24.6 Å². The molecular weight excluding hydrogens is 711 g/mol. The fourth-order valence-electron chi connectivity index (χ4n) is 13.4. The second-order valence-electron chi connectivity index (χ2n) is 21.1. The first kappa shape index (κ1) is 42.5. The van der Waals surface area contributed by atoms with Crippen molar-refractivity contribution in [1.82, 2.24) is 14.8 Å². The molecule has 0 aromatic carbocycles. The Labute approximate surface area is 335 Å². The molecule has 1 aromatic rings. The Kier molecular flexibility index (Phi) is 11.5. The molecule has 55 heavy (non-hydrogen) atoms. The van der Waals surface area contributed by atoms with Crippen molar-refractivity contribution in [2.24, 2.45) is 56.2 Å². The average molecular weight is 782 g/mol. The molecule has 10 heteroatoms. The van der Waals surface area contributed by atoms with E-state index in [-0.39, 0.29) is 51.8 Å². The van der Waals surface area contributed by atoms with E-state index in [1.54, 1.807) is 25.2 Å². The van der Waals surface area contributed by atoms with Gasteiger partial charge < -0.3 is 19.8 Å². The number of aromatic nitrogens is 1. The van der Waals surface area contributed by atoms with E-state index in [1.807, 2.05) is 11.7 Å². The molecule has 9 nitrogen and oxygen atoms in total. The molecule has 4 fully saturated rings. The minimum atomic E-state index is -1.17. The molecule has 308 valence electrons. The third-order valence-electron chi connectivity index (χ3n) is 16.7. The lowest BCUT2D eigenvalue weighted by atomic mass is 9.33. The maximum absolute atomic E-state index is 14.3. The molecule has 9 atom stereocenters. The number of aliphatic hydroxyl groups excluding tert-OH is 1. The standard InChI is InChI=1S/C45H71N3O6S/c1-28(2)37-31(49)22-45(34(50)26-48(21-20-47(10)11)25-29-24-46-27-55-29)19-18-43(8)30(38(37)45)12-13-33-42(7)16-15-35(54-36(51)23-40(3,4)39(52)53)41(5,6)32(42)14-17-44(33,43)9/h24,27-28,30,32-35,50H,12-23,25-26H2,1-11H3,(H,52,53)/t30-,32-,33-,34+,35+,42+,43-,44-,45+/m1/s1. The quantitative estimate of drug-likeness (QED) is 0.191. The number of nitrogens with zero attached hydrogens (tertiary/aromatic N) is 3. The lowest BCUT2D eigenvalue weighted by Gasteiger charge is -2.72. The van der Waals surface area contributed by atoms with Gasteiger partial charge in [-0.3, -0.25) is 24.3 Å². The number of carboxylic acids is 1. The van der Waals surface area contributed by atoms with Crippen LogP contribution >= 0.6 is 11.3 Å². The second-order valence-corrected chi connectivity index (χ2v) is 22.0. The van der Waals surface area contributed by atoms with Gasteiger partial charge in [0.1, 0.15) is 6.10 Å². The molecule has 0 saturated heterocycles. The van der Waals surface area contributed by atoms with E-state index in [0.29, 0.717) is 24.8 Å². The van der Waals surface area contributed by atoms with E-state index in [2.05, 4.69) is 77.3 Å². The number of aliphatic hydroxyl groups is 1. The zero-order valence-electron chi connectivity index (χ0n) is 35.8.